The molecular weight excluding hydrogens is 401 g/mol. The van der Waals surface area contributed by atoms with E-state index in [2.05, 4.69) is 20.6 Å². The second-order valence-electron chi connectivity index (χ2n) is 7.20. The van der Waals surface area contributed by atoms with Crippen molar-refractivity contribution in [3.63, 3.8) is 0 Å². The maximum atomic E-state index is 13.3. The van der Waals surface area contributed by atoms with Gasteiger partial charge in [-0.05, 0) is 53.8 Å². The van der Waals surface area contributed by atoms with Crippen LogP contribution in [0.2, 0.25) is 0 Å². The Hall–Kier alpha value is -2.61. The van der Waals surface area contributed by atoms with E-state index in [9.17, 15) is 18.0 Å². The Morgan fingerprint density at radius 2 is 2.03 bits per heavy atom. The molecule has 1 aromatic carbocycles. The summed E-state index contributed by atoms with van der Waals surface area (Å²) >= 11 is 4.94. The number of carbonyl (C=O) groups is 1. The highest BCUT2D eigenvalue weighted by Crippen LogP contribution is 2.39. The van der Waals surface area contributed by atoms with Gasteiger partial charge in [-0.2, -0.15) is 13.2 Å². The number of hydrogen-bond acceptors (Lipinski definition) is 4. The van der Waals surface area contributed by atoms with E-state index in [-0.39, 0.29) is 18.7 Å². The van der Waals surface area contributed by atoms with Crippen LogP contribution in [0.25, 0.3) is 0 Å². The third-order valence-electron chi connectivity index (χ3n) is 5.47. The molecule has 29 heavy (non-hydrogen) atoms. The molecule has 2 aliphatic heterocycles. The lowest BCUT2D eigenvalue weighted by atomic mass is 9.86. The average molecular weight is 420 g/mol. The van der Waals surface area contributed by atoms with Crippen LogP contribution in [0.1, 0.15) is 40.5 Å². The van der Waals surface area contributed by atoms with Gasteiger partial charge in [0.15, 0.2) is 5.82 Å². The average Bonchev–Trinajstić information content (AvgIpc) is 3.20. The summed E-state index contributed by atoms with van der Waals surface area (Å²) < 4.78 is 39.8. The summed E-state index contributed by atoms with van der Waals surface area (Å²) in [5.74, 6) is -1.27. The number of H-pyrrole nitrogens is 1. The molecule has 0 bridgehead atoms. The van der Waals surface area contributed by atoms with Crippen LogP contribution in [0.4, 0.5) is 18.9 Å². The van der Waals surface area contributed by atoms with E-state index >= 15 is 0 Å². The van der Waals surface area contributed by atoms with E-state index in [0.717, 1.165) is 11.1 Å². The minimum absolute atomic E-state index is 0.00249. The fraction of sp³-hybridized carbons (Fsp3) is 0.350. The molecule has 0 saturated carbocycles. The second-order valence-corrected chi connectivity index (χ2v) is 7.40. The van der Waals surface area contributed by atoms with Crippen LogP contribution in [0, 0.1) is 5.92 Å². The number of carbonyl (C=O) groups excluding carboxylic acids is 1. The zero-order chi connectivity index (χ0) is 20.6. The van der Waals surface area contributed by atoms with Crippen LogP contribution in [0.15, 0.2) is 42.3 Å². The number of nitrogens with one attached hydrogen (secondary N) is 3. The Morgan fingerprint density at radius 1 is 1.24 bits per heavy atom. The first-order chi connectivity index (χ1) is 13.9. The normalized spacial score (nSPS) is 22.1. The van der Waals surface area contributed by atoms with Crippen molar-refractivity contribution in [1.82, 2.24) is 15.6 Å². The fourth-order valence-electron chi connectivity index (χ4n) is 4.01. The monoisotopic (exact) mass is 420 g/mol. The summed E-state index contributed by atoms with van der Waals surface area (Å²) in [6, 6.07) is 8.79. The number of benzene rings is 1. The highest BCUT2D eigenvalue weighted by Gasteiger charge is 2.42. The summed E-state index contributed by atoms with van der Waals surface area (Å²) in [5, 5.41) is 8.50. The summed E-state index contributed by atoms with van der Waals surface area (Å²) in [4.78, 5) is 16.9. The molecule has 0 unspecified atom stereocenters. The van der Waals surface area contributed by atoms with Crippen molar-refractivity contribution in [3.8, 4) is 0 Å². The van der Waals surface area contributed by atoms with Crippen molar-refractivity contribution >= 4 is 28.8 Å². The third kappa shape index (κ3) is 3.81. The number of aromatic amines is 1. The lowest BCUT2D eigenvalue weighted by Gasteiger charge is -2.34. The molecule has 3 heterocycles. The molecule has 5 nitrogen and oxygen atoms in total. The van der Waals surface area contributed by atoms with Crippen molar-refractivity contribution in [2.75, 3.05) is 11.4 Å². The van der Waals surface area contributed by atoms with Crippen molar-refractivity contribution in [2.24, 2.45) is 5.92 Å². The first-order valence-corrected chi connectivity index (χ1v) is 9.68. The summed E-state index contributed by atoms with van der Waals surface area (Å²) in [7, 11) is 0. The summed E-state index contributed by atoms with van der Waals surface area (Å²) in [6.45, 7) is 0.658. The molecule has 9 heteroatoms. The van der Waals surface area contributed by atoms with Gasteiger partial charge in [-0.25, -0.2) is 0 Å². The maximum absolute atomic E-state index is 13.3. The minimum Gasteiger partial charge on any atom is -0.355 e. The number of rotatable bonds is 3. The second kappa shape index (κ2) is 7.67. The number of piperidine rings is 1. The molecule has 1 saturated heterocycles. The van der Waals surface area contributed by atoms with Crippen LogP contribution in [0.5, 0.6) is 0 Å². The molecule has 4 rings (SSSR count). The molecule has 0 spiro atoms. The van der Waals surface area contributed by atoms with Crippen LogP contribution in [0.3, 0.4) is 0 Å². The van der Waals surface area contributed by atoms with E-state index in [0.29, 0.717) is 30.3 Å². The standard InChI is InChI=1S/C20H19F3N4OS/c21-20(22,23)13-5-7-24-15(9-13)14-4-2-1-3-12(14)10-27-16-6-8-25-18(16)19(28)26-17(27)11-29/h1-4,6,8,13,15,24-25H,5,7,9-10H2,(H,26,28)/t13-,15+/m0/s1. The largest absolute Gasteiger partial charge is 0.391 e. The van der Waals surface area contributed by atoms with Gasteiger partial charge in [0.25, 0.3) is 5.91 Å². The van der Waals surface area contributed by atoms with E-state index in [1.54, 1.807) is 12.3 Å². The van der Waals surface area contributed by atoms with Gasteiger partial charge in [0, 0.05) is 12.2 Å². The number of anilines is 1. The predicted molar refractivity (Wildman–Crippen MR) is 107 cm³/mol. The number of amides is 1. The molecular formula is C20H19F3N4OS. The third-order valence-corrected chi connectivity index (χ3v) is 5.66. The van der Waals surface area contributed by atoms with Crippen LogP contribution >= 0.6 is 12.2 Å². The minimum atomic E-state index is -4.19. The van der Waals surface area contributed by atoms with Gasteiger partial charge in [0.1, 0.15) is 5.69 Å². The molecule has 2 aromatic rings. The van der Waals surface area contributed by atoms with E-state index in [1.807, 2.05) is 29.2 Å². The number of aromatic nitrogens is 1. The van der Waals surface area contributed by atoms with Gasteiger partial charge in [-0.15, -0.1) is 0 Å². The molecule has 1 aromatic heterocycles. The fourth-order valence-corrected chi connectivity index (χ4v) is 4.17. The first-order valence-electron chi connectivity index (χ1n) is 9.27. The first kappa shape index (κ1) is 19.7. The topological polar surface area (TPSA) is 60.2 Å². The van der Waals surface area contributed by atoms with E-state index < -0.39 is 18.1 Å². The Kier molecular flexibility index (Phi) is 5.21. The highest BCUT2D eigenvalue weighted by molar-refractivity contribution is 7.78. The molecule has 152 valence electrons. The lowest BCUT2D eigenvalue weighted by Crippen LogP contribution is -2.41. The molecule has 0 radical (unpaired) electrons. The maximum Gasteiger partial charge on any atom is 0.391 e. The number of hydrogen-bond donors (Lipinski definition) is 3. The number of halogens is 3. The number of nitrogens with zero attached hydrogens (tertiary/aromatic N) is 1. The molecule has 3 N–H and O–H groups in total. The van der Waals surface area contributed by atoms with Gasteiger partial charge in [-0.1, -0.05) is 24.3 Å². The Balaban J connectivity index is 1.65. The van der Waals surface area contributed by atoms with Crippen molar-refractivity contribution < 1.29 is 18.0 Å². The van der Waals surface area contributed by atoms with Gasteiger partial charge < -0.3 is 15.2 Å². The molecule has 1 amide bonds. The number of fused-ring (bicyclic) bond motifs is 1. The Morgan fingerprint density at radius 3 is 2.79 bits per heavy atom. The molecule has 1 fully saturated rings. The van der Waals surface area contributed by atoms with Crippen molar-refractivity contribution in [3.05, 3.63) is 59.2 Å². The quantitative estimate of drug-likeness (QED) is 0.661. The molecule has 0 aliphatic carbocycles. The van der Waals surface area contributed by atoms with Gasteiger partial charge in [0.2, 0.25) is 0 Å². The summed E-state index contributed by atoms with van der Waals surface area (Å²) in [5.41, 5.74) is 2.74. The molecule has 2 aliphatic rings. The van der Waals surface area contributed by atoms with Gasteiger partial charge >= 0.3 is 6.18 Å². The van der Waals surface area contributed by atoms with Gasteiger partial charge in [0.05, 0.1) is 18.2 Å². The lowest BCUT2D eigenvalue weighted by molar-refractivity contribution is -0.183. The van der Waals surface area contributed by atoms with Gasteiger partial charge in [-0.3, -0.25) is 10.1 Å². The van der Waals surface area contributed by atoms with E-state index in [4.69, 9.17) is 12.2 Å². The zero-order valence-corrected chi connectivity index (χ0v) is 16.2. The SMILES string of the molecule is O=C1NC(=C=S)N(Cc2ccccc2[C@H]2C[C@@H](C(F)(F)F)CCN2)c2cc[nH]c21. The zero-order valence-electron chi connectivity index (χ0n) is 15.3. The number of thiocarbonyl (C=S) groups is 1. The van der Waals surface area contributed by atoms with Crippen LogP contribution in [-0.4, -0.2) is 28.6 Å². The van der Waals surface area contributed by atoms with Crippen LogP contribution in [-0.2, 0) is 6.54 Å². The van der Waals surface area contributed by atoms with Crippen LogP contribution < -0.4 is 15.5 Å². The smallest absolute Gasteiger partial charge is 0.355 e. The van der Waals surface area contributed by atoms with Crippen molar-refractivity contribution in [2.45, 2.75) is 31.6 Å². The molecule has 2 atom stereocenters. The van der Waals surface area contributed by atoms with Crippen molar-refractivity contribution in [1.29, 1.82) is 0 Å². The number of alkyl halides is 3. The van der Waals surface area contributed by atoms with E-state index in [1.165, 1.54) is 0 Å². The predicted octanol–water partition coefficient (Wildman–Crippen LogP) is 3.81. The Labute approximate surface area is 171 Å². The summed E-state index contributed by atoms with van der Waals surface area (Å²) in [6.07, 6.45) is -2.45. The Bertz CT molecular complexity index is 980. The highest BCUT2D eigenvalue weighted by atomic mass is 32.1.